The number of benzene rings is 2. The molecule has 30 heavy (non-hydrogen) atoms. The molecule has 2 heterocycles. The molecule has 0 radical (unpaired) electrons. The summed E-state index contributed by atoms with van der Waals surface area (Å²) in [6, 6.07) is 22.1. The van der Waals surface area contributed by atoms with Crippen LogP contribution in [0.5, 0.6) is 5.75 Å². The summed E-state index contributed by atoms with van der Waals surface area (Å²) >= 11 is 0. The Morgan fingerprint density at radius 3 is 2.43 bits per heavy atom. The van der Waals surface area contributed by atoms with Crippen molar-refractivity contribution in [3.63, 3.8) is 0 Å². The van der Waals surface area contributed by atoms with E-state index < -0.39 is 5.97 Å². The van der Waals surface area contributed by atoms with E-state index in [2.05, 4.69) is 26.9 Å². The first-order valence-electron chi connectivity index (χ1n) is 10.1. The van der Waals surface area contributed by atoms with E-state index in [0.29, 0.717) is 5.75 Å². The lowest BCUT2D eigenvalue weighted by atomic mass is 9.98. The van der Waals surface area contributed by atoms with E-state index in [-0.39, 0.29) is 6.61 Å². The van der Waals surface area contributed by atoms with Gasteiger partial charge in [0, 0.05) is 38.9 Å². The van der Waals surface area contributed by atoms with Crippen molar-refractivity contribution in [3.05, 3.63) is 78.5 Å². The third-order valence-electron chi connectivity index (χ3n) is 5.26. The number of hydrogen-bond acceptors (Lipinski definition) is 5. The molecule has 2 aromatic carbocycles. The van der Waals surface area contributed by atoms with Crippen LogP contribution in [0.25, 0.3) is 11.1 Å². The van der Waals surface area contributed by atoms with E-state index in [4.69, 9.17) is 9.84 Å². The molecule has 0 atom stereocenters. The standard InChI is InChI=1S/C24H25N3O3/c28-24(29)18-30-21-9-10-22(19-6-2-1-3-7-19)20(16-21)17-26-12-14-27(15-13-26)23-8-4-5-11-25-23/h1-11,16H,12-15,17-18H2,(H,28,29). The highest BCUT2D eigenvalue weighted by Crippen LogP contribution is 2.29. The van der Waals surface area contributed by atoms with Gasteiger partial charge in [0.15, 0.2) is 6.61 Å². The number of carbonyl (C=O) groups is 1. The first-order chi connectivity index (χ1) is 14.7. The van der Waals surface area contributed by atoms with E-state index >= 15 is 0 Å². The minimum atomic E-state index is -0.977. The molecule has 0 saturated carbocycles. The zero-order valence-corrected chi connectivity index (χ0v) is 16.8. The zero-order chi connectivity index (χ0) is 20.8. The van der Waals surface area contributed by atoms with Crippen molar-refractivity contribution in [2.24, 2.45) is 0 Å². The second kappa shape index (κ2) is 9.41. The third kappa shape index (κ3) is 4.96. The molecule has 0 bridgehead atoms. The summed E-state index contributed by atoms with van der Waals surface area (Å²) < 4.78 is 5.43. The number of carboxylic acid groups (broad SMARTS) is 1. The second-order valence-electron chi connectivity index (χ2n) is 7.32. The van der Waals surface area contributed by atoms with Crippen molar-refractivity contribution < 1.29 is 14.6 Å². The second-order valence-corrected chi connectivity index (χ2v) is 7.32. The van der Waals surface area contributed by atoms with E-state index in [1.165, 1.54) is 0 Å². The average Bonchev–Trinajstić information content (AvgIpc) is 2.79. The molecule has 1 N–H and O–H groups in total. The topological polar surface area (TPSA) is 65.9 Å². The Kier molecular flexibility index (Phi) is 6.25. The van der Waals surface area contributed by atoms with Crippen molar-refractivity contribution >= 4 is 11.8 Å². The van der Waals surface area contributed by atoms with Gasteiger partial charge in [0.25, 0.3) is 0 Å². The number of rotatable bonds is 7. The largest absolute Gasteiger partial charge is 0.482 e. The van der Waals surface area contributed by atoms with Gasteiger partial charge < -0.3 is 14.7 Å². The minimum Gasteiger partial charge on any atom is -0.482 e. The molecule has 1 saturated heterocycles. The first-order valence-corrected chi connectivity index (χ1v) is 10.1. The molecule has 6 heteroatoms. The van der Waals surface area contributed by atoms with E-state index in [9.17, 15) is 4.79 Å². The van der Waals surface area contributed by atoms with Crippen LogP contribution >= 0.6 is 0 Å². The Labute approximate surface area is 176 Å². The molecule has 0 unspecified atom stereocenters. The number of aromatic nitrogens is 1. The van der Waals surface area contributed by atoms with Gasteiger partial charge >= 0.3 is 5.97 Å². The highest BCUT2D eigenvalue weighted by molar-refractivity contribution is 5.70. The smallest absolute Gasteiger partial charge is 0.341 e. The van der Waals surface area contributed by atoms with Crippen LogP contribution in [0.15, 0.2) is 72.9 Å². The van der Waals surface area contributed by atoms with Crippen molar-refractivity contribution in [2.45, 2.75) is 6.54 Å². The van der Waals surface area contributed by atoms with Crippen molar-refractivity contribution in [1.29, 1.82) is 0 Å². The van der Waals surface area contributed by atoms with Gasteiger partial charge in [-0.15, -0.1) is 0 Å². The Bertz CT molecular complexity index is 972. The molecule has 0 aliphatic carbocycles. The maximum absolute atomic E-state index is 10.9. The molecule has 1 fully saturated rings. The number of ether oxygens (including phenoxy) is 1. The fourth-order valence-corrected chi connectivity index (χ4v) is 3.75. The maximum atomic E-state index is 10.9. The number of aliphatic carboxylic acids is 1. The Hall–Kier alpha value is -3.38. The van der Waals surface area contributed by atoms with Gasteiger partial charge in [-0.25, -0.2) is 9.78 Å². The van der Waals surface area contributed by atoms with Gasteiger partial charge in [-0.2, -0.15) is 0 Å². The summed E-state index contributed by atoms with van der Waals surface area (Å²) in [6.45, 7) is 4.16. The Morgan fingerprint density at radius 2 is 1.73 bits per heavy atom. The number of hydrogen-bond donors (Lipinski definition) is 1. The quantitative estimate of drug-likeness (QED) is 0.651. The van der Waals surface area contributed by atoms with Crippen LogP contribution < -0.4 is 9.64 Å². The summed E-state index contributed by atoms with van der Waals surface area (Å²) in [5.74, 6) is 0.625. The van der Waals surface area contributed by atoms with E-state index in [0.717, 1.165) is 55.2 Å². The summed E-state index contributed by atoms with van der Waals surface area (Å²) in [7, 11) is 0. The molecule has 6 nitrogen and oxygen atoms in total. The van der Waals surface area contributed by atoms with Crippen LogP contribution in [0, 0.1) is 0 Å². The number of carboxylic acids is 1. The summed E-state index contributed by atoms with van der Waals surface area (Å²) in [4.78, 5) is 20.0. The lowest BCUT2D eigenvalue weighted by Gasteiger charge is -2.35. The molecule has 1 aliphatic heterocycles. The number of nitrogens with zero attached hydrogens (tertiary/aromatic N) is 3. The highest BCUT2D eigenvalue weighted by Gasteiger charge is 2.19. The van der Waals surface area contributed by atoms with Crippen molar-refractivity contribution in [2.75, 3.05) is 37.7 Å². The van der Waals surface area contributed by atoms with Crippen LogP contribution in [0.4, 0.5) is 5.82 Å². The first kappa shape index (κ1) is 19.9. The number of piperazine rings is 1. The van der Waals surface area contributed by atoms with Gasteiger partial charge in [0.05, 0.1) is 0 Å². The Morgan fingerprint density at radius 1 is 0.967 bits per heavy atom. The van der Waals surface area contributed by atoms with Crippen LogP contribution in [-0.2, 0) is 11.3 Å². The number of pyridine rings is 1. The zero-order valence-electron chi connectivity index (χ0n) is 16.8. The van der Waals surface area contributed by atoms with Gasteiger partial charge in [-0.05, 0) is 41.0 Å². The van der Waals surface area contributed by atoms with Gasteiger partial charge in [0.2, 0.25) is 0 Å². The van der Waals surface area contributed by atoms with Crippen LogP contribution in [-0.4, -0.2) is 53.7 Å². The summed E-state index contributed by atoms with van der Waals surface area (Å²) in [6.07, 6.45) is 1.83. The lowest BCUT2D eigenvalue weighted by Crippen LogP contribution is -2.46. The summed E-state index contributed by atoms with van der Waals surface area (Å²) in [5, 5.41) is 8.91. The normalized spacial score (nSPS) is 14.5. The highest BCUT2D eigenvalue weighted by atomic mass is 16.5. The van der Waals surface area contributed by atoms with Gasteiger partial charge in [-0.3, -0.25) is 4.90 Å². The predicted octanol–water partition coefficient (Wildman–Crippen LogP) is 3.53. The van der Waals surface area contributed by atoms with Gasteiger partial charge in [-0.1, -0.05) is 42.5 Å². The SMILES string of the molecule is O=C(O)COc1ccc(-c2ccccc2)c(CN2CCN(c3ccccn3)CC2)c1. The van der Waals surface area contributed by atoms with Crippen molar-refractivity contribution in [3.8, 4) is 16.9 Å². The monoisotopic (exact) mass is 403 g/mol. The van der Waals surface area contributed by atoms with Crippen LogP contribution in [0.2, 0.25) is 0 Å². The molecule has 1 aromatic heterocycles. The molecule has 3 aromatic rings. The lowest BCUT2D eigenvalue weighted by molar-refractivity contribution is -0.139. The Balaban J connectivity index is 1.50. The van der Waals surface area contributed by atoms with Gasteiger partial charge in [0.1, 0.15) is 11.6 Å². The summed E-state index contributed by atoms with van der Waals surface area (Å²) in [5.41, 5.74) is 3.42. The van der Waals surface area contributed by atoms with E-state index in [1.807, 2.05) is 60.8 Å². The molecule has 1 aliphatic rings. The molecule has 4 rings (SSSR count). The molecular formula is C24H25N3O3. The van der Waals surface area contributed by atoms with E-state index in [1.54, 1.807) is 0 Å². The molecule has 0 amide bonds. The minimum absolute atomic E-state index is 0.340. The molecule has 154 valence electrons. The van der Waals surface area contributed by atoms with Crippen LogP contribution in [0.3, 0.4) is 0 Å². The third-order valence-corrected chi connectivity index (χ3v) is 5.26. The molecule has 0 spiro atoms. The van der Waals surface area contributed by atoms with Crippen LogP contribution in [0.1, 0.15) is 5.56 Å². The average molecular weight is 403 g/mol. The predicted molar refractivity (Wildman–Crippen MR) is 117 cm³/mol. The van der Waals surface area contributed by atoms with Crippen molar-refractivity contribution in [1.82, 2.24) is 9.88 Å². The number of anilines is 1. The maximum Gasteiger partial charge on any atom is 0.341 e. The fourth-order valence-electron chi connectivity index (χ4n) is 3.75. The molecular weight excluding hydrogens is 378 g/mol. The fraction of sp³-hybridized carbons (Fsp3) is 0.250.